The lowest BCUT2D eigenvalue weighted by molar-refractivity contribution is -0.109. The molecule has 2 aromatic carbocycles. The minimum atomic E-state index is -0.372. The van der Waals surface area contributed by atoms with Gasteiger partial charge in [0.1, 0.15) is 0 Å². The molecule has 0 aromatic heterocycles. The molecule has 98 valence electrons. The third kappa shape index (κ3) is 1.33. The number of halogens is 1. The number of alkyl halides is 1. The number of rotatable bonds is 0. The first-order valence-electron chi connectivity index (χ1n) is 6.55. The fourth-order valence-electron chi connectivity index (χ4n) is 3.30. The summed E-state index contributed by atoms with van der Waals surface area (Å²) in [6, 6.07) is 9.84. The molecule has 2 aliphatic rings. The van der Waals surface area contributed by atoms with Gasteiger partial charge in [0.05, 0.1) is 4.32 Å². The largest absolute Gasteiger partial charge is 0.285 e. The average molecular weight is 327 g/mol. The van der Waals surface area contributed by atoms with E-state index in [2.05, 4.69) is 28.9 Å². The maximum absolute atomic E-state index is 12.2. The van der Waals surface area contributed by atoms with E-state index in [0.717, 1.165) is 21.9 Å². The van der Waals surface area contributed by atoms with Gasteiger partial charge in [-0.1, -0.05) is 46.3 Å². The van der Waals surface area contributed by atoms with E-state index >= 15 is 0 Å². The van der Waals surface area contributed by atoms with Gasteiger partial charge >= 0.3 is 0 Å². The first kappa shape index (κ1) is 12.0. The van der Waals surface area contributed by atoms with Crippen LogP contribution in [0.4, 0.5) is 0 Å². The Labute approximate surface area is 124 Å². The van der Waals surface area contributed by atoms with Crippen molar-refractivity contribution in [2.45, 2.75) is 17.7 Å². The fourth-order valence-corrected chi connectivity index (χ4v) is 3.87. The predicted octanol–water partition coefficient (Wildman–Crippen LogP) is 4.00. The summed E-state index contributed by atoms with van der Waals surface area (Å²) in [5.74, 6) is -0.733. The van der Waals surface area contributed by atoms with Crippen LogP contribution in [0.5, 0.6) is 0 Å². The maximum atomic E-state index is 12.2. The predicted molar refractivity (Wildman–Crippen MR) is 82.2 cm³/mol. The van der Waals surface area contributed by atoms with Crippen molar-refractivity contribution in [3.05, 3.63) is 53.1 Å². The highest BCUT2D eigenvalue weighted by Gasteiger charge is 2.42. The van der Waals surface area contributed by atoms with E-state index in [9.17, 15) is 9.59 Å². The zero-order valence-electron chi connectivity index (χ0n) is 10.9. The van der Waals surface area contributed by atoms with E-state index in [0.29, 0.717) is 17.6 Å². The van der Waals surface area contributed by atoms with Crippen molar-refractivity contribution < 1.29 is 9.59 Å². The Morgan fingerprint density at radius 1 is 1.15 bits per heavy atom. The highest BCUT2D eigenvalue weighted by molar-refractivity contribution is 9.09. The summed E-state index contributed by atoms with van der Waals surface area (Å²) < 4.78 is -0.244. The SMILES string of the molecule is CC1(Br)CC=C2C(=O)C(=O)c3cc4ccccc4c1c32. The van der Waals surface area contributed by atoms with Gasteiger partial charge in [-0.15, -0.1) is 0 Å². The summed E-state index contributed by atoms with van der Waals surface area (Å²) in [7, 11) is 0. The second-order valence-electron chi connectivity index (χ2n) is 5.57. The summed E-state index contributed by atoms with van der Waals surface area (Å²) in [5.41, 5.74) is 3.05. The van der Waals surface area contributed by atoms with Crippen LogP contribution in [0, 0.1) is 0 Å². The lowest BCUT2D eigenvalue weighted by Crippen LogP contribution is -2.19. The summed E-state index contributed by atoms with van der Waals surface area (Å²) in [6.07, 6.45) is 2.60. The number of carbonyl (C=O) groups excluding carboxylic acids is 2. The number of hydrogen-bond acceptors (Lipinski definition) is 2. The van der Waals surface area contributed by atoms with Gasteiger partial charge in [-0.25, -0.2) is 0 Å². The summed E-state index contributed by atoms with van der Waals surface area (Å²) in [4.78, 5) is 24.3. The summed E-state index contributed by atoms with van der Waals surface area (Å²) in [5, 5.41) is 2.12. The van der Waals surface area contributed by atoms with Gasteiger partial charge in [0.15, 0.2) is 0 Å². The zero-order chi connectivity index (χ0) is 14.1. The first-order valence-corrected chi connectivity index (χ1v) is 7.35. The monoisotopic (exact) mass is 326 g/mol. The van der Waals surface area contributed by atoms with E-state index in [4.69, 9.17) is 0 Å². The van der Waals surface area contributed by atoms with Crippen LogP contribution in [-0.2, 0) is 9.12 Å². The van der Waals surface area contributed by atoms with Gasteiger partial charge in [0, 0.05) is 16.7 Å². The van der Waals surface area contributed by atoms with Gasteiger partial charge in [-0.2, -0.15) is 0 Å². The van der Waals surface area contributed by atoms with Gasteiger partial charge in [0.2, 0.25) is 11.6 Å². The van der Waals surface area contributed by atoms with E-state index in [1.54, 1.807) is 0 Å². The molecule has 4 rings (SSSR count). The van der Waals surface area contributed by atoms with E-state index in [1.807, 2.05) is 30.3 Å². The molecule has 0 saturated carbocycles. The van der Waals surface area contributed by atoms with E-state index < -0.39 is 0 Å². The molecular weight excluding hydrogens is 316 g/mol. The summed E-state index contributed by atoms with van der Waals surface area (Å²) in [6.45, 7) is 2.09. The van der Waals surface area contributed by atoms with Crippen molar-refractivity contribution in [1.82, 2.24) is 0 Å². The van der Waals surface area contributed by atoms with Crippen molar-refractivity contribution in [3.63, 3.8) is 0 Å². The second kappa shape index (κ2) is 3.67. The molecule has 3 heteroatoms. The number of carbonyl (C=O) groups is 2. The van der Waals surface area contributed by atoms with Crippen molar-refractivity contribution >= 4 is 43.8 Å². The second-order valence-corrected chi connectivity index (χ2v) is 7.32. The quantitative estimate of drug-likeness (QED) is 0.541. The smallest absolute Gasteiger partial charge is 0.234 e. The Bertz CT molecular complexity index is 843. The van der Waals surface area contributed by atoms with Crippen molar-refractivity contribution in [2.24, 2.45) is 0 Å². The van der Waals surface area contributed by atoms with Crippen LogP contribution in [0.3, 0.4) is 0 Å². The number of ketones is 2. The molecule has 20 heavy (non-hydrogen) atoms. The van der Waals surface area contributed by atoms with Crippen LogP contribution in [0.15, 0.2) is 36.4 Å². The molecule has 0 bridgehead atoms. The van der Waals surface area contributed by atoms with E-state index in [-0.39, 0.29) is 15.9 Å². The highest BCUT2D eigenvalue weighted by Crippen LogP contribution is 2.50. The molecule has 2 aromatic rings. The van der Waals surface area contributed by atoms with Crippen molar-refractivity contribution in [2.75, 3.05) is 0 Å². The first-order chi connectivity index (χ1) is 9.50. The summed E-state index contributed by atoms with van der Waals surface area (Å²) >= 11 is 3.77. The van der Waals surface area contributed by atoms with Gasteiger partial charge in [0.25, 0.3) is 0 Å². The third-order valence-corrected chi connectivity index (χ3v) is 4.95. The molecular formula is C17H11BrO2. The van der Waals surface area contributed by atoms with Crippen LogP contribution >= 0.6 is 15.9 Å². The van der Waals surface area contributed by atoms with Crippen LogP contribution in [0.1, 0.15) is 34.8 Å². The number of allylic oxidation sites excluding steroid dienone is 2. The molecule has 0 amide bonds. The molecule has 0 heterocycles. The van der Waals surface area contributed by atoms with Gasteiger partial charge < -0.3 is 0 Å². The standard InChI is InChI=1S/C17H11BrO2/c1-17(18)7-6-11-13-12(16(20)15(11)19)8-9-4-2-3-5-10(9)14(13)17/h2-6,8H,7H2,1H3. The Balaban J connectivity index is 2.27. The number of fused-ring (bicyclic) bond motifs is 2. The number of benzene rings is 2. The van der Waals surface area contributed by atoms with Crippen LogP contribution < -0.4 is 0 Å². The Hall–Kier alpha value is -1.74. The number of Topliss-reactive ketones (excluding diaryl/α,β-unsaturated/α-hetero) is 2. The molecule has 0 N–H and O–H groups in total. The molecule has 0 aliphatic heterocycles. The van der Waals surface area contributed by atoms with Crippen molar-refractivity contribution in [1.29, 1.82) is 0 Å². The third-order valence-electron chi connectivity index (χ3n) is 4.22. The molecule has 2 aliphatic carbocycles. The zero-order valence-corrected chi connectivity index (χ0v) is 12.5. The average Bonchev–Trinajstić information content (AvgIpc) is 2.66. The Morgan fingerprint density at radius 3 is 2.70 bits per heavy atom. The van der Waals surface area contributed by atoms with Gasteiger partial charge in [-0.3, -0.25) is 9.59 Å². The maximum Gasteiger partial charge on any atom is 0.234 e. The fraction of sp³-hybridized carbons (Fsp3) is 0.176. The lowest BCUT2D eigenvalue weighted by Gasteiger charge is -2.30. The molecule has 2 nitrogen and oxygen atoms in total. The van der Waals surface area contributed by atoms with Crippen LogP contribution in [0.2, 0.25) is 0 Å². The molecule has 0 spiro atoms. The normalized spacial score (nSPS) is 24.0. The molecule has 1 atom stereocenters. The van der Waals surface area contributed by atoms with Crippen LogP contribution in [-0.4, -0.2) is 11.6 Å². The molecule has 0 radical (unpaired) electrons. The Kier molecular flexibility index (Phi) is 2.21. The van der Waals surface area contributed by atoms with E-state index in [1.165, 1.54) is 0 Å². The van der Waals surface area contributed by atoms with Crippen LogP contribution in [0.25, 0.3) is 16.3 Å². The molecule has 0 saturated heterocycles. The van der Waals surface area contributed by atoms with Crippen molar-refractivity contribution in [3.8, 4) is 0 Å². The minimum absolute atomic E-state index is 0.244. The Morgan fingerprint density at radius 2 is 1.90 bits per heavy atom. The minimum Gasteiger partial charge on any atom is -0.285 e. The highest BCUT2D eigenvalue weighted by atomic mass is 79.9. The number of hydrogen-bond donors (Lipinski definition) is 0. The lowest BCUT2D eigenvalue weighted by atomic mass is 9.81. The van der Waals surface area contributed by atoms with Gasteiger partial charge in [-0.05, 0) is 35.7 Å². The topological polar surface area (TPSA) is 34.1 Å². The molecule has 0 fully saturated rings. The molecule has 1 unspecified atom stereocenters.